The van der Waals surface area contributed by atoms with Crippen LogP contribution >= 0.6 is 0 Å². The van der Waals surface area contributed by atoms with Crippen molar-refractivity contribution in [1.29, 1.82) is 0 Å². The van der Waals surface area contributed by atoms with Crippen molar-refractivity contribution in [3.05, 3.63) is 24.3 Å². The van der Waals surface area contributed by atoms with E-state index in [0.717, 1.165) is 12.8 Å². The Kier molecular flexibility index (Phi) is 5.59. The molecule has 0 spiro atoms. The first-order chi connectivity index (χ1) is 10.9. The largest absolute Gasteiger partial charge is 0.376 e. The molecule has 0 aromatic heterocycles. The van der Waals surface area contributed by atoms with Crippen LogP contribution in [0.15, 0.2) is 29.2 Å². The van der Waals surface area contributed by atoms with E-state index in [1.165, 1.54) is 13.1 Å². The summed E-state index contributed by atoms with van der Waals surface area (Å²) in [7, 11) is -1.92. The molecule has 8 heteroatoms. The minimum atomic E-state index is -3.33. The van der Waals surface area contributed by atoms with Gasteiger partial charge in [0.1, 0.15) is 0 Å². The highest BCUT2D eigenvalue weighted by Gasteiger charge is 2.30. The van der Waals surface area contributed by atoms with Crippen LogP contribution < -0.4 is 16.0 Å². The third-order valence-corrected chi connectivity index (χ3v) is 6.10. The molecule has 0 radical (unpaired) electrons. The van der Waals surface area contributed by atoms with Gasteiger partial charge in [-0.25, -0.2) is 13.2 Å². The van der Waals surface area contributed by atoms with Crippen LogP contribution in [-0.2, 0) is 14.6 Å². The van der Waals surface area contributed by atoms with Crippen LogP contribution in [0.4, 0.5) is 10.5 Å². The van der Waals surface area contributed by atoms with Crippen molar-refractivity contribution >= 4 is 27.5 Å². The van der Waals surface area contributed by atoms with Crippen molar-refractivity contribution in [3.63, 3.8) is 0 Å². The summed E-state index contributed by atoms with van der Waals surface area (Å²) in [4.78, 5) is 22.8. The molecule has 0 aliphatic heterocycles. The van der Waals surface area contributed by atoms with Gasteiger partial charge in [-0.3, -0.25) is 10.1 Å². The van der Waals surface area contributed by atoms with Crippen molar-refractivity contribution in [2.24, 2.45) is 0 Å². The van der Waals surface area contributed by atoms with Crippen molar-refractivity contribution in [1.82, 2.24) is 10.6 Å². The van der Waals surface area contributed by atoms with Crippen LogP contribution in [0.1, 0.15) is 25.7 Å². The second-order valence-electron chi connectivity index (χ2n) is 5.46. The van der Waals surface area contributed by atoms with Crippen LogP contribution in [-0.4, -0.2) is 39.2 Å². The summed E-state index contributed by atoms with van der Waals surface area (Å²) >= 11 is 0. The molecule has 0 atom stereocenters. The number of carbonyl (C=O) groups is 2. The molecule has 0 saturated heterocycles. The van der Waals surface area contributed by atoms with Gasteiger partial charge in [-0.2, -0.15) is 0 Å². The first-order valence-electron chi connectivity index (χ1n) is 7.53. The summed E-state index contributed by atoms with van der Waals surface area (Å²) < 4.78 is 25.1. The number of carbonyl (C=O) groups excluding carboxylic acids is 2. The molecule has 0 unspecified atom stereocenters. The fourth-order valence-corrected chi connectivity index (χ4v) is 4.49. The first kappa shape index (κ1) is 17.3. The monoisotopic (exact) mass is 339 g/mol. The number of anilines is 1. The number of amides is 3. The van der Waals surface area contributed by atoms with Gasteiger partial charge in [-0.1, -0.05) is 18.9 Å². The fourth-order valence-electron chi connectivity index (χ4n) is 2.59. The van der Waals surface area contributed by atoms with Crippen LogP contribution in [0.5, 0.6) is 0 Å². The molecule has 1 aromatic carbocycles. The zero-order valence-electron chi connectivity index (χ0n) is 13.0. The van der Waals surface area contributed by atoms with E-state index in [0.29, 0.717) is 18.5 Å². The number of nitrogens with one attached hydrogen (secondary N) is 3. The maximum atomic E-state index is 12.5. The summed E-state index contributed by atoms with van der Waals surface area (Å²) in [5, 5.41) is 6.91. The third kappa shape index (κ3) is 4.44. The Labute approximate surface area is 135 Å². The number of hydrogen-bond acceptors (Lipinski definition) is 5. The molecule has 3 amide bonds. The van der Waals surface area contributed by atoms with Crippen LogP contribution in [0, 0.1) is 0 Å². The molecule has 1 aliphatic carbocycles. The molecule has 1 aliphatic rings. The molecule has 23 heavy (non-hydrogen) atoms. The van der Waals surface area contributed by atoms with Gasteiger partial charge in [-0.05, 0) is 31.0 Å². The van der Waals surface area contributed by atoms with Gasteiger partial charge < -0.3 is 10.6 Å². The predicted octanol–water partition coefficient (Wildman–Crippen LogP) is 1.27. The van der Waals surface area contributed by atoms with Crippen molar-refractivity contribution < 1.29 is 18.0 Å². The normalized spacial score (nSPS) is 15.2. The van der Waals surface area contributed by atoms with Gasteiger partial charge in [0.15, 0.2) is 9.84 Å². The van der Waals surface area contributed by atoms with Crippen LogP contribution in [0.3, 0.4) is 0 Å². The van der Waals surface area contributed by atoms with E-state index >= 15 is 0 Å². The molecule has 2 rings (SSSR count). The zero-order chi connectivity index (χ0) is 16.9. The number of sulfone groups is 1. The van der Waals surface area contributed by atoms with Gasteiger partial charge >= 0.3 is 6.03 Å². The summed E-state index contributed by atoms with van der Waals surface area (Å²) in [5.41, 5.74) is 0.524. The maximum Gasteiger partial charge on any atom is 0.321 e. The van der Waals surface area contributed by atoms with E-state index in [1.54, 1.807) is 18.2 Å². The highest BCUT2D eigenvalue weighted by molar-refractivity contribution is 7.92. The van der Waals surface area contributed by atoms with E-state index in [1.807, 2.05) is 0 Å². The Morgan fingerprint density at radius 3 is 2.57 bits per heavy atom. The Morgan fingerprint density at radius 1 is 1.22 bits per heavy atom. The second kappa shape index (κ2) is 7.45. The average Bonchev–Trinajstić information content (AvgIpc) is 3.08. The van der Waals surface area contributed by atoms with E-state index < -0.39 is 21.8 Å². The second-order valence-corrected chi connectivity index (χ2v) is 7.69. The number of imide groups is 1. The lowest BCUT2D eigenvalue weighted by Gasteiger charge is -2.13. The molecule has 0 heterocycles. The number of urea groups is 1. The van der Waals surface area contributed by atoms with Crippen LogP contribution in [0.25, 0.3) is 0 Å². The minimum Gasteiger partial charge on any atom is -0.376 e. The minimum absolute atomic E-state index is 0.125. The topological polar surface area (TPSA) is 104 Å². The zero-order valence-corrected chi connectivity index (χ0v) is 13.8. The van der Waals surface area contributed by atoms with Crippen molar-refractivity contribution in [2.45, 2.75) is 35.8 Å². The quantitative estimate of drug-likeness (QED) is 0.749. The summed E-state index contributed by atoms with van der Waals surface area (Å²) in [6.07, 6.45) is 3.30. The Balaban J connectivity index is 2.02. The summed E-state index contributed by atoms with van der Waals surface area (Å²) in [6, 6.07) is 5.83. The maximum absolute atomic E-state index is 12.5. The van der Waals surface area contributed by atoms with Gasteiger partial charge in [0, 0.05) is 12.7 Å². The predicted molar refractivity (Wildman–Crippen MR) is 87.0 cm³/mol. The van der Waals surface area contributed by atoms with Crippen molar-refractivity contribution in [2.75, 3.05) is 18.9 Å². The Hall–Kier alpha value is -2.09. The van der Waals surface area contributed by atoms with E-state index in [-0.39, 0.29) is 16.7 Å². The fraction of sp³-hybridized carbons (Fsp3) is 0.467. The number of rotatable bonds is 5. The lowest BCUT2D eigenvalue weighted by atomic mass is 10.3. The third-order valence-electron chi connectivity index (χ3n) is 3.84. The average molecular weight is 339 g/mol. The van der Waals surface area contributed by atoms with E-state index in [4.69, 9.17) is 0 Å². The molecule has 1 fully saturated rings. The molecular formula is C15H21N3O4S. The molecule has 1 aromatic rings. The highest BCUT2D eigenvalue weighted by atomic mass is 32.2. The Bertz CT molecular complexity index is 682. The van der Waals surface area contributed by atoms with E-state index in [9.17, 15) is 18.0 Å². The first-order valence-corrected chi connectivity index (χ1v) is 9.07. The lowest BCUT2D eigenvalue weighted by Crippen LogP contribution is -2.40. The summed E-state index contributed by atoms with van der Waals surface area (Å²) in [5.74, 6) is -0.506. The lowest BCUT2D eigenvalue weighted by molar-refractivity contribution is -0.118. The number of hydrogen-bond donors (Lipinski definition) is 3. The summed E-state index contributed by atoms with van der Waals surface area (Å²) in [6.45, 7) is -0.125. The Morgan fingerprint density at radius 2 is 1.91 bits per heavy atom. The molecule has 3 N–H and O–H groups in total. The molecular weight excluding hydrogens is 318 g/mol. The van der Waals surface area contributed by atoms with E-state index in [2.05, 4.69) is 16.0 Å². The van der Waals surface area contributed by atoms with Gasteiger partial charge in [0.05, 0.1) is 16.7 Å². The van der Waals surface area contributed by atoms with Crippen LogP contribution in [0.2, 0.25) is 0 Å². The molecule has 0 bridgehead atoms. The smallest absolute Gasteiger partial charge is 0.321 e. The molecule has 1 saturated carbocycles. The number of benzene rings is 1. The molecule has 7 nitrogen and oxygen atoms in total. The molecule has 126 valence electrons. The van der Waals surface area contributed by atoms with Gasteiger partial charge in [-0.15, -0.1) is 0 Å². The van der Waals surface area contributed by atoms with Gasteiger partial charge in [0.2, 0.25) is 5.91 Å². The van der Waals surface area contributed by atoms with Gasteiger partial charge in [0.25, 0.3) is 0 Å². The van der Waals surface area contributed by atoms with Crippen molar-refractivity contribution in [3.8, 4) is 0 Å². The SMILES string of the molecule is CNC(=O)NC(=O)CNc1cccc(S(=O)(=O)C2CCCC2)c1. The standard InChI is InChI=1S/C15H21N3O4S/c1-16-15(20)18-14(19)10-17-11-5-4-8-13(9-11)23(21,22)12-6-2-3-7-12/h4-5,8-9,12,17H,2-3,6-7,10H2,1H3,(H2,16,18,19,20). The highest BCUT2D eigenvalue weighted by Crippen LogP contribution is 2.30.